The Hall–Kier alpha value is -1.10. The maximum absolute atomic E-state index is 11.9. The van der Waals surface area contributed by atoms with E-state index in [0.717, 1.165) is 24.7 Å². The molecule has 96 valence electrons. The topological polar surface area (TPSA) is 75.6 Å². The van der Waals surface area contributed by atoms with Gasteiger partial charge in [-0.3, -0.25) is 4.79 Å². The Kier molecular flexibility index (Phi) is 3.66. The van der Waals surface area contributed by atoms with E-state index in [9.17, 15) is 9.59 Å². The highest BCUT2D eigenvalue weighted by Crippen LogP contribution is 2.54. The van der Waals surface area contributed by atoms with Gasteiger partial charge in [-0.15, -0.1) is 0 Å². The third kappa shape index (κ3) is 2.97. The Bertz CT molecular complexity index is 308. The predicted octanol–water partition coefficient (Wildman–Crippen LogP) is 0.638. The molecule has 2 aliphatic rings. The van der Waals surface area contributed by atoms with Gasteiger partial charge in [0.2, 0.25) is 5.91 Å². The number of methoxy groups -OCH3 is 1. The molecule has 2 fully saturated rings. The Balaban J connectivity index is 1.80. The zero-order valence-corrected chi connectivity index (χ0v) is 10.0. The Morgan fingerprint density at radius 1 is 1.35 bits per heavy atom. The van der Waals surface area contributed by atoms with Gasteiger partial charge in [0.1, 0.15) is 6.04 Å². The van der Waals surface area contributed by atoms with Crippen molar-refractivity contribution in [1.82, 2.24) is 5.32 Å². The first-order chi connectivity index (χ1) is 8.11. The highest BCUT2D eigenvalue weighted by molar-refractivity contribution is 5.85. The molecule has 0 aromatic rings. The number of carbonyl (C=O) groups excluding carboxylic acids is 1. The quantitative estimate of drug-likeness (QED) is 0.715. The number of hydrogen-bond acceptors (Lipinski definition) is 3. The molecule has 2 saturated carbocycles. The summed E-state index contributed by atoms with van der Waals surface area (Å²) in [6.07, 6.45) is 3.45. The van der Waals surface area contributed by atoms with Crippen LogP contribution in [-0.4, -0.2) is 36.7 Å². The van der Waals surface area contributed by atoms with Crippen molar-refractivity contribution in [1.29, 1.82) is 0 Å². The van der Waals surface area contributed by atoms with Crippen molar-refractivity contribution in [3.8, 4) is 0 Å². The second-order valence-corrected chi connectivity index (χ2v) is 5.11. The van der Waals surface area contributed by atoms with Gasteiger partial charge in [-0.2, -0.15) is 0 Å². The van der Waals surface area contributed by atoms with Crippen LogP contribution in [-0.2, 0) is 14.3 Å². The van der Waals surface area contributed by atoms with Gasteiger partial charge in [0.25, 0.3) is 0 Å². The number of aliphatic carboxylic acids is 1. The number of fused-ring (bicyclic) bond motifs is 1. The number of hydrogen-bond donors (Lipinski definition) is 2. The molecule has 5 nitrogen and oxygen atoms in total. The minimum absolute atomic E-state index is 0.0307. The smallest absolute Gasteiger partial charge is 0.326 e. The van der Waals surface area contributed by atoms with Gasteiger partial charge < -0.3 is 15.2 Å². The van der Waals surface area contributed by atoms with Gasteiger partial charge in [0.05, 0.1) is 0 Å². The summed E-state index contributed by atoms with van der Waals surface area (Å²) in [6.45, 7) is 0.340. The minimum Gasteiger partial charge on any atom is -0.480 e. The molecule has 3 unspecified atom stereocenters. The maximum atomic E-state index is 11.9. The fourth-order valence-corrected chi connectivity index (χ4v) is 2.71. The van der Waals surface area contributed by atoms with Gasteiger partial charge in [0.15, 0.2) is 0 Å². The SMILES string of the molecule is COCCC(NC(=O)C1CC2CC2C1)C(=O)O. The van der Waals surface area contributed by atoms with Gasteiger partial charge in [-0.25, -0.2) is 4.79 Å². The highest BCUT2D eigenvalue weighted by atomic mass is 16.5. The Morgan fingerprint density at radius 3 is 2.53 bits per heavy atom. The predicted molar refractivity (Wildman–Crippen MR) is 60.4 cm³/mol. The minimum atomic E-state index is -0.987. The number of carbonyl (C=O) groups is 2. The molecule has 1 amide bonds. The second kappa shape index (κ2) is 5.04. The molecule has 2 rings (SSSR count). The summed E-state index contributed by atoms with van der Waals surface area (Å²) in [4.78, 5) is 22.8. The molecule has 0 heterocycles. The van der Waals surface area contributed by atoms with Crippen LogP contribution in [0.15, 0.2) is 0 Å². The maximum Gasteiger partial charge on any atom is 0.326 e. The molecule has 2 N–H and O–H groups in total. The first-order valence-corrected chi connectivity index (χ1v) is 6.14. The van der Waals surface area contributed by atoms with E-state index >= 15 is 0 Å². The molecule has 2 aliphatic carbocycles. The number of carboxylic acid groups (broad SMARTS) is 1. The molecular formula is C12H19NO4. The molecular weight excluding hydrogens is 222 g/mol. The summed E-state index contributed by atoms with van der Waals surface area (Å²) in [5.74, 6) is 0.406. The highest BCUT2D eigenvalue weighted by Gasteiger charge is 2.48. The number of rotatable bonds is 6. The van der Waals surface area contributed by atoms with Crippen molar-refractivity contribution in [2.24, 2.45) is 17.8 Å². The van der Waals surface area contributed by atoms with Crippen LogP contribution >= 0.6 is 0 Å². The summed E-state index contributed by atoms with van der Waals surface area (Å²) in [5.41, 5.74) is 0. The summed E-state index contributed by atoms with van der Waals surface area (Å²) >= 11 is 0. The molecule has 0 aliphatic heterocycles. The van der Waals surface area contributed by atoms with Crippen molar-refractivity contribution in [3.63, 3.8) is 0 Å². The van der Waals surface area contributed by atoms with Crippen LogP contribution in [0.5, 0.6) is 0 Å². The molecule has 0 radical (unpaired) electrons. The molecule has 5 heteroatoms. The average Bonchev–Trinajstić information content (AvgIpc) is 2.90. The summed E-state index contributed by atoms with van der Waals surface area (Å²) < 4.78 is 4.84. The lowest BCUT2D eigenvalue weighted by molar-refractivity contribution is -0.143. The molecule has 17 heavy (non-hydrogen) atoms. The molecule has 0 aromatic carbocycles. The standard InChI is InChI=1S/C12H19NO4/c1-17-3-2-10(12(15)16)13-11(14)9-5-7-4-8(7)6-9/h7-10H,2-6H2,1H3,(H,13,14)(H,15,16). The van der Waals surface area contributed by atoms with Crippen LogP contribution < -0.4 is 5.32 Å². The fraction of sp³-hybridized carbons (Fsp3) is 0.833. The van der Waals surface area contributed by atoms with Crippen molar-refractivity contribution in [3.05, 3.63) is 0 Å². The largest absolute Gasteiger partial charge is 0.480 e. The Labute approximate surface area is 101 Å². The summed E-state index contributed by atoms with van der Waals surface area (Å²) in [7, 11) is 1.52. The van der Waals surface area contributed by atoms with Crippen molar-refractivity contribution in [2.45, 2.75) is 31.7 Å². The molecule has 3 atom stereocenters. The van der Waals surface area contributed by atoms with E-state index < -0.39 is 12.0 Å². The van der Waals surface area contributed by atoms with Crippen LogP contribution in [0, 0.1) is 17.8 Å². The molecule has 0 aromatic heterocycles. The summed E-state index contributed by atoms with van der Waals surface area (Å²) in [6, 6.07) is -0.820. The lowest BCUT2D eigenvalue weighted by Crippen LogP contribution is -2.44. The normalized spacial score (nSPS) is 31.7. The van der Waals surface area contributed by atoms with Gasteiger partial charge in [-0.1, -0.05) is 0 Å². The van der Waals surface area contributed by atoms with Crippen LogP contribution in [0.1, 0.15) is 25.7 Å². The fourth-order valence-electron chi connectivity index (χ4n) is 2.71. The van der Waals surface area contributed by atoms with Gasteiger partial charge in [-0.05, 0) is 31.1 Å². The number of carboxylic acids is 1. The number of nitrogens with one attached hydrogen (secondary N) is 1. The van der Waals surface area contributed by atoms with E-state index in [-0.39, 0.29) is 11.8 Å². The first kappa shape index (κ1) is 12.4. The van der Waals surface area contributed by atoms with Crippen LogP contribution in [0.3, 0.4) is 0 Å². The van der Waals surface area contributed by atoms with Crippen molar-refractivity contribution >= 4 is 11.9 Å². The van der Waals surface area contributed by atoms with Crippen molar-refractivity contribution in [2.75, 3.05) is 13.7 Å². The Morgan fingerprint density at radius 2 is 2.00 bits per heavy atom. The molecule has 0 saturated heterocycles. The van der Waals surface area contributed by atoms with E-state index in [1.807, 2.05) is 0 Å². The van der Waals surface area contributed by atoms with E-state index in [1.54, 1.807) is 0 Å². The van der Waals surface area contributed by atoms with Crippen molar-refractivity contribution < 1.29 is 19.4 Å². The van der Waals surface area contributed by atoms with E-state index in [1.165, 1.54) is 13.5 Å². The number of ether oxygens (including phenoxy) is 1. The van der Waals surface area contributed by atoms with E-state index in [4.69, 9.17) is 9.84 Å². The zero-order chi connectivity index (χ0) is 12.4. The van der Waals surface area contributed by atoms with E-state index in [0.29, 0.717) is 13.0 Å². The lowest BCUT2D eigenvalue weighted by Gasteiger charge is -2.17. The lowest BCUT2D eigenvalue weighted by atomic mass is 10.0. The van der Waals surface area contributed by atoms with Crippen LogP contribution in [0.25, 0.3) is 0 Å². The molecule has 0 spiro atoms. The van der Waals surface area contributed by atoms with Crippen LogP contribution in [0.2, 0.25) is 0 Å². The number of amides is 1. The van der Waals surface area contributed by atoms with Gasteiger partial charge in [0, 0.05) is 26.1 Å². The zero-order valence-electron chi connectivity index (χ0n) is 10.0. The second-order valence-electron chi connectivity index (χ2n) is 5.11. The first-order valence-electron chi connectivity index (χ1n) is 6.14. The third-order valence-electron chi connectivity index (χ3n) is 3.84. The third-order valence-corrected chi connectivity index (χ3v) is 3.84. The monoisotopic (exact) mass is 241 g/mol. The van der Waals surface area contributed by atoms with Gasteiger partial charge >= 0.3 is 5.97 Å². The molecule has 0 bridgehead atoms. The summed E-state index contributed by atoms with van der Waals surface area (Å²) in [5, 5.41) is 11.6. The van der Waals surface area contributed by atoms with Crippen LogP contribution in [0.4, 0.5) is 0 Å². The average molecular weight is 241 g/mol. The van der Waals surface area contributed by atoms with E-state index in [2.05, 4.69) is 5.32 Å².